The van der Waals surface area contributed by atoms with Crippen LogP contribution in [0.15, 0.2) is 15.9 Å². The molecule has 1 saturated heterocycles. The van der Waals surface area contributed by atoms with Gasteiger partial charge in [0.25, 0.3) is 0 Å². The number of thiophene rings is 1. The fourth-order valence-electron chi connectivity index (χ4n) is 2.22. The third-order valence-corrected chi connectivity index (χ3v) is 5.41. The lowest BCUT2D eigenvalue weighted by molar-refractivity contribution is -0.133. The average Bonchev–Trinajstić information content (AvgIpc) is 3.13. The number of ether oxygens (including phenoxy) is 1. The van der Waals surface area contributed by atoms with Crippen LogP contribution in [0.25, 0.3) is 0 Å². The first-order valence-corrected chi connectivity index (χ1v) is 8.25. The van der Waals surface area contributed by atoms with Crippen molar-refractivity contribution in [1.82, 2.24) is 10.2 Å². The van der Waals surface area contributed by atoms with Gasteiger partial charge in [0.15, 0.2) is 0 Å². The van der Waals surface area contributed by atoms with Gasteiger partial charge in [-0.1, -0.05) is 0 Å². The zero-order valence-electron chi connectivity index (χ0n) is 10.6. The second kappa shape index (κ2) is 5.91. The molecule has 1 aromatic rings. The summed E-state index contributed by atoms with van der Waals surface area (Å²) in [5.74, 6) is 0.120. The second-order valence-electron chi connectivity index (χ2n) is 5.04. The van der Waals surface area contributed by atoms with E-state index in [9.17, 15) is 4.79 Å². The van der Waals surface area contributed by atoms with Crippen LogP contribution in [0.3, 0.4) is 0 Å². The fraction of sp³-hybridized carbons (Fsp3) is 0.615. The van der Waals surface area contributed by atoms with Crippen molar-refractivity contribution in [2.24, 2.45) is 0 Å². The van der Waals surface area contributed by atoms with E-state index in [-0.39, 0.29) is 11.9 Å². The molecule has 6 heteroatoms. The maximum Gasteiger partial charge on any atom is 0.239 e. The van der Waals surface area contributed by atoms with Gasteiger partial charge in [0.2, 0.25) is 5.91 Å². The Morgan fingerprint density at radius 1 is 1.58 bits per heavy atom. The zero-order chi connectivity index (χ0) is 13.2. The summed E-state index contributed by atoms with van der Waals surface area (Å²) < 4.78 is 6.60. The number of carbonyl (C=O) groups is 1. The van der Waals surface area contributed by atoms with Gasteiger partial charge in [0.1, 0.15) is 6.04 Å². The molecule has 1 saturated carbocycles. The number of morpholine rings is 1. The normalized spacial score (nSPS) is 24.4. The fourth-order valence-corrected chi connectivity index (χ4v) is 3.72. The number of nitrogens with zero attached hydrogens (tertiary/aromatic N) is 1. The minimum Gasteiger partial charge on any atom is -0.378 e. The van der Waals surface area contributed by atoms with E-state index in [2.05, 4.69) is 37.6 Å². The molecule has 0 bridgehead atoms. The van der Waals surface area contributed by atoms with Crippen LogP contribution in [0.4, 0.5) is 0 Å². The van der Waals surface area contributed by atoms with Gasteiger partial charge >= 0.3 is 0 Å². The van der Waals surface area contributed by atoms with Gasteiger partial charge in [0.05, 0.1) is 13.2 Å². The number of amides is 1. The van der Waals surface area contributed by atoms with E-state index < -0.39 is 0 Å². The zero-order valence-corrected chi connectivity index (χ0v) is 13.0. The van der Waals surface area contributed by atoms with Gasteiger partial charge in [-0.05, 0) is 40.2 Å². The molecule has 104 valence electrons. The minimum absolute atomic E-state index is 0.120. The number of halogens is 1. The molecule has 1 atom stereocenters. The van der Waals surface area contributed by atoms with E-state index >= 15 is 0 Å². The molecule has 1 aliphatic heterocycles. The van der Waals surface area contributed by atoms with Crippen molar-refractivity contribution in [2.45, 2.75) is 31.5 Å². The van der Waals surface area contributed by atoms with Crippen LogP contribution in [0, 0.1) is 0 Å². The van der Waals surface area contributed by atoms with Crippen molar-refractivity contribution >= 4 is 33.2 Å². The van der Waals surface area contributed by atoms with Gasteiger partial charge in [-0.25, -0.2) is 0 Å². The molecule has 2 aliphatic rings. The van der Waals surface area contributed by atoms with E-state index in [0.717, 1.165) is 30.4 Å². The van der Waals surface area contributed by atoms with Crippen LogP contribution in [0.5, 0.6) is 0 Å². The molecular formula is C13H17BrN2O2S. The summed E-state index contributed by atoms with van der Waals surface area (Å²) in [6.07, 6.45) is 2.24. The Hall–Kier alpha value is -0.430. The van der Waals surface area contributed by atoms with Crippen molar-refractivity contribution < 1.29 is 9.53 Å². The SMILES string of the molecule is O=C(NC1CC1)C1COCCN1Cc1sccc1Br. The lowest BCUT2D eigenvalue weighted by Crippen LogP contribution is -2.53. The molecule has 3 rings (SSSR count). The highest BCUT2D eigenvalue weighted by Crippen LogP contribution is 2.26. The Morgan fingerprint density at radius 2 is 2.42 bits per heavy atom. The summed E-state index contributed by atoms with van der Waals surface area (Å²) in [6, 6.07) is 2.31. The highest BCUT2D eigenvalue weighted by Gasteiger charge is 2.33. The Balaban J connectivity index is 1.66. The monoisotopic (exact) mass is 344 g/mol. The first kappa shape index (κ1) is 13.5. The van der Waals surface area contributed by atoms with Crippen molar-refractivity contribution in [2.75, 3.05) is 19.8 Å². The first-order chi connectivity index (χ1) is 9.24. The summed E-state index contributed by atoms with van der Waals surface area (Å²) in [4.78, 5) is 15.7. The molecule has 0 spiro atoms. The summed E-state index contributed by atoms with van der Waals surface area (Å²) in [7, 11) is 0. The minimum atomic E-state index is -0.150. The van der Waals surface area contributed by atoms with Crippen LogP contribution in [-0.2, 0) is 16.1 Å². The Labute approximate surface area is 125 Å². The van der Waals surface area contributed by atoms with Crippen LogP contribution in [0.2, 0.25) is 0 Å². The molecule has 0 radical (unpaired) electrons. The molecule has 1 aromatic heterocycles. The molecule has 2 fully saturated rings. The number of carbonyl (C=O) groups excluding carboxylic acids is 1. The van der Waals surface area contributed by atoms with E-state index in [4.69, 9.17) is 4.74 Å². The molecule has 2 heterocycles. The van der Waals surface area contributed by atoms with Crippen molar-refractivity contribution in [3.63, 3.8) is 0 Å². The Bertz CT molecular complexity index is 461. The summed E-state index contributed by atoms with van der Waals surface area (Å²) in [5.41, 5.74) is 0. The van der Waals surface area contributed by atoms with E-state index in [1.807, 2.05) is 0 Å². The largest absolute Gasteiger partial charge is 0.378 e. The maximum atomic E-state index is 12.2. The molecule has 1 amide bonds. The predicted molar refractivity (Wildman–Crippen MR) is 78.2 cm³/mol. The quantitative estimate of drug-likeness (QED) is 0.908. The molecule has 1 aliphatic carbocycles. The van der Waals surface area contributed by atoms with Crippen LogP contribution in [-0.4, -0.2) is 42.6 Å². The maximum absolute atomic E-state index is 12.2. The van der Waals surface area contributed by atoms with E-state index in [1.165, 1.54) is 4.88 Å². The third-order valence-electron chi connectivity index (χ3n) is 3.50. The average molecular weight is 345 g/mol. The second-order valence-corrected chi connectivity index (χ2v) is 6.89. The van der Waals surface area contributed by atoms with Gasteiger partial charge in [-0.2, -0.15) is 0 Å². The lowest BCUT2D eigenvalue weighted by Gasteiger charge is -2.34. The van der Waals surface area contributed by atoms with Gasteiger partial charge < -0.3 is 10.1 Å². The summed E-state index contributed by atoms with van der Waals surface area (Å²) in [6.45, 7) is 2.83. The molecule has 1 N–H and O–H groups in total. The molecular weight excluding hydrogens is 328 g/mol. The number of hydrogen-bond acceptors (Lipinski definition) is 4. The third kappa shape index (κ3) is 3.37. The number of rotatable bonds is 4. The smallest absolute Gasteiger partial charge is 0.239 e. The molecule has 0 aromatic carbocycles. The molecule has 4 nitrogen and oxygen atoms in total. The Morgan fingerprint density at radius 3 is 3.11 bits per heavy atom. The van der Waals surface area contributed by atoms with Crippen molar-refractivity contribution in [3.8, 4) is 0 Å². The number of hydrogen-bond donors (Lipinski definition) is 1. The summed E-state index contributed by atoms with van der Waals surface area (Å²) >= 11 is 5.27. The summed E-state index contributed by atoms with van der Waals surface area (Å²) in [5, 5.41) is 5.15. The van der Waals surface area contributed by atoms with Gasteiger partial charge in [0, 0.05) is 28.5 Å². The number of nitrogens with one attached hydrogen (secondary N) is 1. The van der Waals surface area contributed by atoms with E-state index in [1.54, 1.807) is 11.3 Å². The van der Waals surface area contributed by atoms with Crippen LogP contribution < -0.4 is 5.32 Å². The first-order valence-electron chi connectivity index (χ1n) is 6.58. The lowest BCUT2D eigenvalue weighted by atomic mass is 10.2. The van der Waals surface area contributed by atoms with Gasteiger partial charge in [-0.15, -0.1) is 11.3 Å². The van der Waals surface area contributed by atoms with Crippen molar-refractivity contribution in [3.05, 3.63) is 20.8 Å². The highest BCUT2D eigenvalue weighted by atomic mass is 79.9. The Kier molecular flexibility index (Phi) is 4.21. The topological polar surface area (TPSA) is 41.6 Å². The van der Waals surface area contributed by atoms with Crippen LogP contribution in [0.1, 0.15) is 17.7 Å². The standard InChI is InChI=1S/C13H17BrN2O2S/c14-10-3-6-19-12(10)7-16-4-5-18-8-11(16)13(17)15-9-1-2-9/h3,6,9,11H,1-2,4-5,7-8H2,(H,15,17). The molecule has 1 unspecified atom stereocenters. The van der Waals surface area contributed by atoms with E-state index in [0.29, 0.717) is 19.3 Å². The van der Waals surface area contributed by atoms with Crippen molar-refractivity contribution in [1.29, 1.82) is 0 Å². The predicted octanol–water partition coefficient (Wildman–Crippen LogP) is 1.99. The van der Waals surface area contributed by atoms with Gasteiger partial charge in [-0.3, -0.25) is 9.69 Å². The highest BCUT2D eigenvalue weighted by molar-refractivity contribution is 9.10. The van der Waals surface area contributed by atoms with Crippen LogP contribution >= 0.6 is 27.3 Å². The molecule has 19 heavy (non-hydrogen) atoms.